The Balaban J connectivity index is 2.08. The predicted octanol–water partition coefficient (Wildman–Crippen LogP) is 3.54. The molecule has 0 radical (unpaired) electrons. The first-order chi connectivity index (χ1) is 10.6. The van der Waals surface area contributed by atoms with Crippen molar-refractivity contribution in [2.24, 2.45) is 11.8 Å². The molecule has 4 heteroatoms. The van der Waals surface area contributed by atoms with Crippen molar-refractivity contribution in [3.63, 3.8) is 0 Å². The molecule has 114 valence electrons. The van der Waals surface area contributed by atoms with E-state index in [0.29, 0.717) is 11.4 Å². The summed E-state index contributed by atoms with van der Waals surface area (Å²) in [6.45, 7) is 3.72. The zero-order valence-electron chi connectivity index (χ0n) is 12.7. The largest absolute Gasteiger partial charge is 0.325 e. The standard InChI is InChI=1S/C18H20N2O2/c1-13(2)16(17(21)19-14-9-5-3-6-10-14)18(22)20-15-11-7-4-8-12-15/h3-13,16H,1-2H3,(H,19,21)(H,20,22). The van der Waals surface area contributed by atoms with Crippen LogP contribution >= 0.6 is 0 Å². The van der Waals surface area contributed by atoms with Gasteiger partial charge in [0.1, 0.15) is 5.92 Å². The third-order valence-corrected chi connectivity index (χ3v) is 3.31. The summed E-state index contributed by atoms with van der Waals surface area (Å²) in [6, 6.07) is 18.3. The molecule has 0 bridgehead atoms. The second kappa shape index (κ2) is 7.41. The molecule has 2 N–H and O–H groups in total. The maximum atomic E-state index is 12.4. The van der Waals surface area contributed by atoms with E-state index in [1.165, 1.54) is 0 Å². The summed E-state index contributed by atoms with van der Waals surface area (Å²) >= 11 is 0. The van der Waals surface area contributed by atoms with Crippen LogP contribution in [-0.4, -0.2) is 11.8 Å². The highest BCUT2D eigenvalue weighted by atomic mass is 16.2. The van der Waals surface area contributed by atoms with Gasteiger partial charge < -0.3 is 10.6 Å². The van der Waals surface area contributed by atoms with Gasteiger partial charge in [-0.3, -0.25) is 9.59 Å². The second-order valence-corrected chi connectivity index (χ2v) is 5.43. The van der Waals surface area contributed by atoms with Crippen LogP contribution in [0.3, 0.4) is 0 Å². The van der Waals surface area contributed by atoms with Gasteiger partial charge in [-0.25, -0.2) is 0 Å². The third kappa shape index (κ3) is 4.19. The monoisotopic (exact) mass is 296 g/mol. The maximum Gasteiger partial charge on any atom is 0.237 e. The fourth-order valence-electron chi connectivity index (χ4n) is 2.21. The van der Waals surface area contributed by atoms with E-state index >= 15 is 0 Å². The lowest BCUT2D eigenvalue weighted by atomic mass is 9.93. The fraction of sp³-hybridized carbons (Fsp3) is 0.222. The number of anilines is 2. The summed E-state index contributed by atoms with van der Waals surface area (Å²) < 4.78 is 0. The predicted molar refractivity (Wildman–Crippen MR) is 88.5 cm³/mol. The number of carbonyl (C=O) groups excluding carboxylic acids is 2. The number of nitrogens with one attached hydrogen (secondary N) is 2. The molecule has 0 atom stereocenters. The molecule has 0 saturated carbocycles. The summed E-state index contributed by atoms with van der Waals surface area (Å²) in [6.07, 6.45) is 0. The van der Waals surface area contributed by atoms with Gasteiger partial charge in [-0.15, -0.1) is 0 Å². The van der Waals surface area contributed by atoms with E-state index in [1.54, 1.807) is 24.3 Å². The summed E-state index contributed by atoms with van der Waals surface area (Å²) in [5.74, 6) is -1.45. The Morgan fingerprint density at radius 1 is 0.727 bits per heavy atom. The molecule has 0 saturated heterocycles. The Bertz CT molecular complexity index is 571. The molecule has 0 fully saturated rings. The van der Waals surface area contributed by atoms with Crippen LogP contribution in [0.1, 0.15) is 13.8 Å². The van der Waals surface area contributed by atoms with Crippen LogP contribution in [0.15, 0.2) is 60.7 Å². The molecule has 4 nitrogen and oxygen atoms in total. The molecular formula is C18H20N2O2. The zero-order chi connectivity index (χ0) is 15.9. The van der Waals surface area contributed by atoms with Crippen molar-refractivity contribution in [1.82, 2.24) is 0 Å². The van der Waals surface area contributed by atoms with Crippen molar-refractivity contribution in [2.75, 3.05) is 10.6 Å². The van der Waals surface area contributed by atoms with E-state index in [0.717, 1.165) is 0 Å². The number of para-hydroxylation sites is 2. The van der Waals surface area contributed by atoms with E-state index in [4.69, 9.17) is 0 Å². The van der Waals surface area contributed by atoms with Crippen molar-refractivity contribution in [3.8, 4) is 0 Å². The molecule has 0 aromatic heterocycles. The van der Waals surface area contributed by atoms with Gasteiger partial charge >= 0.3 is 0 Å². The van der Waals surface area contributed by atoms with Crippen molar-refractivity contribution in [3.05, 3.63) is 60.7 Å². The van der Waals surface area contributed by atoms with E-state index in [1.807, 2.05) is 50.2 Å². The van der Waals surface area contributed by atoms with Crippen molar-refractivity contribution in [1.29, 1.82) is 0 Å². The summed E-state index contributed by atoms with van der Waals surface area (Å²) in [5.41, 5.74) is 1.37. The Labute approximate surface area is 130 Å². The minimum Gasteiger partial charge on any atom is -0.325 e. The number of rotatable bonds is 5. The highest BCUT2D eigenvalue weighted by Gasteiger charge is 2.30. The average Bonchev–Trinajstić information content (AvgIpc) is 2.48. The van der Waals surface area contributed by atoms with Gasteiger partial charge in [0.05, 0.1) is 0 Å². The average molecular weight is 296 g/mol. The first-order valence-electron chi connectivity index (χ1n) is 7.29. The maximum absolute atomic E-state index is 12.4. The second-order valence-electron chi connectivity index (χ2n) is 5.43. The van der Waals surface area contributed by atoms with Crippen LogP contribution in [0.5, 0.6) is 0 Å². The Morgan fingerprint density at radius 3 is 1.41 bits per heavy atom. The van der Waals surface area contributed by atoms with Gasteiger partial charge in [-0.05, 0) is 30.2 Å². The van der Waals surface area contributed by atoms with Crippen molar-refractivity contribution >= 4 is 23.2 Å². The molecule has 2 rings (SSSR count). The summed E-state index contributed by atoms with van der Waals surface area (Å²) in [4.78, 5) is 24.8. The molecule has 0 aliphatic heterocycles. The van der Waals surface area contributed by atoms with E-state index < -0.39 is 5.92 Å². The summed E-state index contributed by atoms with van der Waals surface area (Å²) in [5, 5.41) is 5.58. The first-order valence-corrected chi connectivity index (χ1v) is 7.29. The van der Waals surface area contributed by atoms with Crippen LogP contribution in [0.2, 0.25) is 0 Å². The minimum atomic E-state index is -0.750. The van der Waals surface area contributed by atoms with Crippen molar-refractivity contribution < 1.29 is 9.59 Å². The van der Waals surface area contributed by atoms with Gasteiger partial charge in [0.2, 0.25) is 11.8 Å². The molecular weight excluding hydrogens is 276 g/mol. The lowest BCUT2D eigenvalue weighted by Crippen LogP contribution is -2.37. The molecule has 0 heterocycles. The van der Waals surface area contributed by atoms with Crippen LogP contribution < -0.4 is 10.6 Å². The lowest BCUT2D eigenvalue weighted by molar-refractivity contribution is -0.131. The van der Waals surface area contributed by atoms with Crippen LogP contribution in [-0.2, 0) is 9.59 Å². The molecule has 22 heavy (non-hydrogen) atoms. The van der Waals surface area contributed by atoms with Crippen LogP contribution in [0.25, 0.3) is 0 Å². The quantitative estimate of drug-likeness (QED) is 0.829. The number of carbonyl (C=O) groups is 2. The highest BCUT2D eigenvalue weighted by Crippen LogP contribution is 2.17. The SMILES string of the molecule is CC(C)C(C(=O)Nc1ccccc1)C(=O)Nc1ccccc1. The van der Waals surface area contributed by atoms with Gasteiger partial charge in [-0.1, -0.05) is 50.2 Å². The van der Waals surface area contributed by atoms with Gasteiger partial charge in [0, 0.05) is 11.4 Å². The number of benzene rings is 2. The molecule has 2 amide bonds. The van der Waals surface area contributed by atoms with Crippen LogP contribution in [0.4, 0.5) is 11.4 Å². The van der Waals surface area contributed by atoms with Crippen LogP contribution in [0, 0.1) is 11.8 Å². The topological polar surface area (TPSA) is 58.2 Å². The lowest BCUT2D eigenvalue weighted by Gasteiger charge is -2.19. The zero-order valence-corrected chi connectivity index (χ0v) is 12.7. The molecule has 2 aromatic carbocycles. The van der Waals surface area contributed by atoms with Gasteiger partial charge in [0.25, 0.3) is 0 Å². The minimum absolute atomic E-state index is 0.104. The molecule has 0 unspecified atom stereocenters. The Hall–Kier alpha value is -2.62. The number of hydrogen-bond donors (Lipinski definition) is 2. The third-order valence-electron chi connectivity index (χ3n) is 3.31. The molecule has 0 spiro atoms. The Kier molecular flexibility index (Phi) is 5.31. The van der Waals surface area contributed by atoms with E-state index in [9.17, 15) is 9.59 Å². The smallest absolute Gasteiger partial charge is 0.237 e. The fourth-order valence-corrected chi connectivity index (χ4v) is 2.21. The normalized spacial score (nSPS) is 10.5. The summed E-state index contributed by atoms with van der Waals surface area (Å²) in [7, 11) is 0. The number of hydrogen-bond acceptors (Lipinski definition) is 2. The van der Waals surface area contributed by atoms with E-state index in [-0.39, 0.29) is 17.7 Å². The molecule has 0 aliphatic carbocycles. The van der Waals surface area contributed by atoms with Gasteiger partial charge in [0.15, 0.2) is 0 Å². The molecule has 0 aliphatic rings. The highest BCUT2D eigenvalue weighted by molar-refractivity contribution is 6.10. The Morgan fingerprint density at radius 2 is 1.09 bits per heavy atom. The van der Waals surface area contributed by atoms with Gasteiger partial charge in [-0.2, -0.15) is 0 Å². The van der Waals surface area contributed by atoms with Crippen molar-refractivity contribution in [2.45, 2.75) is 13.8 Å². The first kappa shape index (κ1) is 15.8. The van der Waals surface area contributed by atoms with E-state index in [2.05, 4.69) is 10.6 Å². The number of amides is 2. The molecule has 2 aromatic rings.